The van der Waals surface area contributed by atoms with Crippen molar-refractivity contribution in [1.29, 1.82) is 0 Å². The summed E-state index contributed by atoms with van der Waals surface area (Å²) in [5, 5.41) is 0. The number of allylic oxidation sites excluding steroid dienone is 2. The van der Waals surface area contributed by atoms with Crippen LogP contribution in [0.15, 0.2) is 72.0 Å². The van der Waals surface area contributed by atoms with Crippen LogP contribution in [0.2, 0.25) is 0 Å². The Kier molecular flexibility index (Phi) is 6.35. The maximum Gasteiger partial charge on any atom is 0.310 e. The van der Waals surface area contributed by atoms with Gasteiger partial charge in [0, 0.05) is 24.2 Å². The van der Waals surface area contributed by atoms with Crippen molar-refractivity contribution in [2.45, 2.75) is 20.8 Å². The van der Waals surface area contributed by atoms with Crippen LogP contribution in [-0.4, -0.2) is 25.0 Å². The Bertz CT molecular complexity index is 924. The zero-order chi connectivity index (χ0) is 21.8. The summed E-state index contributed by atoms with van der Waals surface area (Å²) in [7, 11) is 1.29. The van der Waals surface area contributed by atoms with E-state index >= 15 is 0 Å². The van der Waals surface area contributed by atoms with Crippen molar-refractivity contribution in [2.24, 2.45) is 17.8 Å². The number of rotatable bonds is 6. The zero-order valence-corrected chi connectivity index (χ0v) is 17.5. The number of hydrogen-bond acceptors (Lipinski definition) is 5. The maximum absolute atomic E-state index is 13.7. The first-order valence-electron chi connectivity index (χ1n) is 9.74. The molecule has 0 spiro atoms. The Balaban J connectivity index is 2.03. The van der Waals surface area contributed by atoms with Crippen LogP contribution in [0.25, 0.3) is 0 Å². The van der Waals surface area contributed by atoms with Gasteiger partial charge in [0.25, 0.3) is 0 Å². The van der Waals surface area contributed by atoms with E-state index in [1.54, 1.807) is 18.7 Å². The molecule has 156 valence electrons. The summed E-state index contributed by atoms with van der Waals surface area (Å²) in [6.45, 7) is 4.88. The topological polar surface area (TPSA) is 72.9 Å². The third-order valence-electron chi connectivity index (χ3n) is 5.08. The SMILES string of the molecule is COC(=O)[C@@H]1[C@@H](C(=O)N(c2ccccc2)c2ccccc2)[C@H]1C(OC(C)=O)=C(C)C. The maximum atomic E-state index is 13.7. The van der Waals surface area contributed by atoms with Gasteiger partial charge < -0.3 is 9.47 Å². The quantitative estimate of drug-likeness (QED) is 0.529. The van der Waals surface area contributed by atoms with Crippen LogP contribution < -0.4 is 4.90 Å². The molecular weight excluding hydrogens is 382 g/mol. The van der Waals surface area contributed by atoms with E-state index in [2.05, 4.69) is 0 Å². The van der Waals surface area contributed by atoms with Crippen molar-refractivity contribution in [3.8, 4) is 0 Å². The Hall–Kier alpha value is -3.41. The number of amides is 1. The molecule has 0 bridgehead atoms. The average Bonchev–Trinajstić information content (AvgIpc) is 3.48. The molecule has 1 fully saturated rings. The minimum atomic E-state index is -0.707. The van der Waals surface area contributed by atoms with E-state index in [1.165, 1.54) is 14.0 Å². The van der Waals surface area contributed by atoms with Gasteiger partial charge >= 0.3 is 11.9 Å². The third-order valence-corrected chi connectivity index (χ3v) is 5.08. The highest BCUT2D eigenvalue weighted by atomic mass is 16.5. The molecule has 1 aliphatic carbocycles. The summed E-state index contributed by atoms with van der Waals surface area (Å²) in [5.74, 6) is -2.82. The van der Waals surface area contributed by atoms with Crippen LogP contribution >= 0.6 is 0 Å². The van der Waals surface area contributed by atoms with E-state index in [0.717, 1.165) is 5.57 Å². The Morgan fingerprint density at radius 1 is 0.767 bits per heavy atom. The predicted molar refractivity (Wildman–Crippen MR) is 113 cm³/mol. The second kappa shape index (κ2) is 8.95. The van der Waals surface area contributed by atoms with Crippen LogP contribution in [0.4, 0.5) is 11.4 Å². The van der Waals surface area contributed by atoms with Crippen LogP contribution in [0.5, 0.6) is 0 Å². The molecule has 1 aliphatic rings. The minimum absolute atomic E-state index is 0.251. The van der Waals surface area contributed by atoms with Gasteiger partial charge in [-0.05, 0) is 43.7 Å². The number of para-hydroxylation sites is 2. The van der Waals surface area contributed by atoms with E-state index in [-0.39, 0.29) is 5.91 Å². The number of benzene rings is 2. The summed E-state index contributed by atoms with van der Waals surface area (Å²) in [4.78, 5) is 39.4. The number of nitrogens with zero attached hydrogens (tertiary/aromatic N) is 1. The van der Waals surface area contributed by atoms with Crippen molar-refractivity contribution in [3.63, 3.8) is 0 Å². The van der Waals surface area contributed by atoms with E-state index in [1.807, 2.05) is 60.7 Å². The number of carbonyl (C=O) groups excluding carboxylic acids is 3. The molecule has 6 heteroatoms. The molecule has 0 unspecified atom stereocenters. The molecule has 3 atom stereocenters. The van der Waals surface area contributed by atoms with Gasteiger partial charge in [-0.3, -0.25) is 19.3 Å². The van der Waals surface area contributed by atoms with Crippen molar-refractivity contribution >= 4 is 29.2 Å². The Morgan fingerprint density at radius 3 is 1.67 bits per heavy atom. The third kappa shape index (κ3) is 4.27. The molecule has 0 radical (unpaired) electrons. The largest absolute Gasteiger partial charge is 0.469 e. The van der Waals surface area contributed by atoms with Crippen molar-refractivity contribution in [1.82, 2.24) is 0 Å². The van der Waals surface area contributed by atoms with Crippen LogP contribution in [0, 0.1) is 17.8 Å². The molecule has 0 N–H and O–H groups in total. The van der Waals surface area contributed by atoms with Gasteiger partial charge in [-0.25, -0.2) is 0 Å². The smallest absolute Gasteiger partial charge is 0.310 e. The second-order valence-electron chi connectivity index (χ2n) is 7.40. The van der Waals surface area contributed by atoms with Gasteiger partial charge in [0.15, 0.2) is 0 Å². The first kappa shape index (κ1) is 21.3. The van der Waals surface area contributed by atoms with E-state index < -0.39 is 29.7 Å². The van der Waals surface area contributed by atoms with Gasteiger partial charge in [0.05, 0.1) is 18.9 Å². The van der Waals surface area contributed by atoms with Crippen LogP contribution in [-0.2, 0) is 23.9 Å². The first-order valence-corrected chi connectivity index (χ1v) is 9.74. The monoisotopic (exact) mass is 407 g/mol. The van der Waals surface area contributed by atoms with Gasteiger partial charge in [0.1, 0.15) is 5.76 Å². The standard InChI is InChI=1S/C24H25NO5/c1-15(2)22(30-16(3)26)19-20(21(19)24(28)29-4)23(27)25(17-11-7-5-8-12-17)18-13-9-6-10-14-18/h5-14,19-21H,1-4H3/t19-,20+,21+/m1/s1. The summed E-state index contributed by atoms with van der Waals surface area (Å²) in [6.07, 6.45) is 0. The highest BCUT2D eigenvalue weighted by Crippen LogP contribution is 2.54. The fraction of sp³-hybridized carbons (Fsp3) is 0.292. The van der Waals surface area contributed by atoms with Gasteiger partial charge in [0.2, 0.25) is 5.91 Å². The molecule has 0 aliphatic heterocycles. The molecule has 0 heterocycles. The number of ether oxygens (including phenoxy) is 2. The number of hydrogen-bond donors (Lipinski definition) is 0. The summed E-state index contributed by atoms with van der Waals surface area (Å²) in [5.41, 5.74) is 2.12. The van der Waals surface area contributed by atoms with E-state index in [4.69, 9.17) is 9.47 Å². The van der Waals surface area contributed by atoms with Crippen molar-refractivity contribution in [2.75, 3.05) is 12.0 Å². The lowest BCUT2D eigenvalue weighted by Crippen LogP contribution is -2.29. The lowest BCUT2D eigenvalue weighted by molar-refractivity contribution is -0.144. The molecule has 0 saturated heterocycles. The number of anilines is 2. The number of esters is 2. The molecule has 1 amide bonds. The normalized spacial score (nSPS) is 19.4. The lowest BCUT2D eigenvalue weighted by atomic mass is 10.1. The van der Waals surface area contributed by atoms with Crippen molar-refractivity contribution in [3.05, 3.63) is 72.0 Å². The Labute approximate surface area is 176 Å². The van der Waals surface area contributed by atoms with Crippen LogP contribution in [0.3, 0.4) is 0 Å². The number of carbonyl (C=O) groups is 3. The van der Waals surface area contributed by atoms with Gasteiger partial charge in [-0.1, -0.05) is 36.4 Å². The van der Waals surface area contributed by atoms with Crippen molar-refractivity contribution < 1.29 is 23.9 Å². The van der Waals surface area contributed by atoms with Crippen LogP contribution in [0.1, 0.15) is 20.8 Å². The average molecular weight is 407 g/mol. The molecule has 3 rings (SSSR count). The highest BCUT2D eigenvalue weighted by Gasteiger charge is 2.63. The molecular formula is C24H25NO5. The summed E-state index contributed by atoms with van der Waals surface area (Å²) < 4.78 is 10.3. The minimum Gasteiger partial charge on any atom is -0.469 e. The molecule has 6 nitrogen and oxygen atoms in total. The first-order chi connectivity index (χ1) is 14.4. The predicted octanol–water partition coefficient (Wildman–Crippen LogP) is 4.24. The van der Waals surface area contributed by atoms with E-state index in [0.29, 0.717) is 17.1 Å². The molecule has 1 saturated carbocycles. The summed E-state index contributed by atoms with van der Waals surface area (Å²) >= 11 is 0. The molecule has 30 heavy (non-hydrogen) atoms. The highest BCUT2D eigenvalue weighted by molar-refractivity contribution is 6.06. The zero-order valence-electron chi connectivity index (χ0n) is 17.5. The van der Waals surface area contributed by atoms with E-state index in [9.17, 15) is 14.4 Å². The van der Waals surface area contributed by atoms with Gasteiger partial charge in [-0.2, -0.15) is 0 Å². The second-order valence-corrected chi connectivity index (χ2v) is 7.40. The number of methoxy groups -OCH3 is 1. The Morgan fingerprint density at radius 2 is 1.27 bits per heavy atom. The molecule has 2 aromatic rings. The molecule has 0 aromatic heterocycles. The van der Waals surface area contributed by atoms with Gasteiger partial charge in [-0.15, -0.1) is 0 Å². The summed E-state index contributed by atoms with van der Waals surface area (Å²) in [6, 6.07) is 18.5. The fourth-order valence-corrected chi connectivity index (χ4v) is 3.74. The lowest BCUT2D eigenvalue weighted by Gasteiger charge is -2.23. The fourth-order valence-electron chi connectivity index (χ4n) is 3.74. The molecule has 2 aromatic carbocycles.